The molecule has 380 valence electrons. The summed E-state index contributed by atoms with van der Waals surface area (Å²) >= 11 is -0.106. The third-order valence-corrected chi connectivity index (χ3v) is 16.2. The van der Waals surface area contributed by atoms with Crippen LogP contribution in [-0.2, 0) is 38.5 Å². The molecule has 4 radical (unpaired) electrons. The molecule has 6 atom stereocenters. The summed E-state index contributed by atoms with van der Waals surface area (Å²) in [5.41, 5.74) is 21.0. The van der Waals surface area contributed by atoms with Crippen LogP contribution in [0.2, 0.25) is 0 Å². The van der Waals surface area contributed by atoms with Crippen LogP contribution in [0.4, 0.5) is 22.7 Å². The minimum absolute atomic E-state index is 0.106. The zero-order valence-electron chi connectivity index (χ0n) is 45.0. The van der Waals surface area contributed by atoms with Crippen molar-refractivity contribution < 1.29 is 25.4 Å². The molecule has 0 N–H and O–H groups in total. The molecule has 0 aromatic heterocycles. The number of halogens is 2. The standard InChI is InChI=1S/2C30H42N2O.2ClH.Pd/c2*1-19(2)26-10-9-21(4)30(15-26)33-18-32-17-31(28-13-22(5)23(6)14-29(28)32)16-27-24(7)11-20(3)12-25(27)8;;;/h2*11-14,19,21,26,30H,9-10,15-16,18H2,1-8H3;2*1H;/q;;;;+2/p-2/t2*21-,26+,30-;;;/m00.../s1. The maximum atomic E-state index is 6.59. The fourth-order valence-corrected chi connectivity index (χ4v) is 11.3. The van der Waals surface area contributed by atoms with Crippen LogP contribution in [0.15, 0.2) is 48.5 Å². The van der Waals surface area contributed by atoms with Crippen LogP contribution in [0.3, 0.4) is 0 Å². The first-order chi connectivity index (χ1) is 32.7. The van der Waals surface area contributed by atoms with E-state index in [9.17, 15) is 0 Å². The van der Waals surface area contributed by atoms with Gasteiger partial charge in [0.1, 0.15) is 13.5 Å². The molecule has 6 nitrogen and oxygen atoms in total. The molecule has 8 rings (SSSR count). The van der Waals surface area contributed by atoms with Crippen LogP contribution in [0, 0.1) is 118 Å². The summed E-state index contributed by atoms with van der Waals surface area (Å²) in [5, 5.41) is 0. The third kappa shape index (κ3) is 13.9. The summed E-state index contributed by atoms with van der Waals surface area (Å²) in [4.78, 5) is 8.98. The first-order valence-corrected chi connectivity index (χ1v) is 29.7. The van der Waals surface area contributed by atoms with Gasteiger partial charge in [-0.1, -0.05) is 76.9 Å². The zero-order valence-corrected chi connectivity index (χ0v) is 48.1. The van der Waals surface area contributed by atoms with E-state index in [0.29, 0.717) is 37.5 Å². The second-order valence-corrected chi connectivity index (χ2v) is 24.5. The minimum atomic E-state index is -0.106. The predicted octanol–water partition coefficient (Wildman–Crippen LogP) is 16.3. The fourth-order valence-electron chi connectivity index (χ4n) is 11.3. The average Bonchev–Trinajstić information content (AvgIpc) is 3.78. The number of ether oxygens (including phenoxy) is 2. The molecule has 0 amide bonds. The normalized spacial score (nSPS) is 22.2. The Hall–Kier alpha value is -2.76. The molecule has 0 saturated heterocycles. The monoisotopic (exact) mass is 1070 g/mol. The third-order valence-electron chi connectivity index (χ3n) is 16.2. The molecule has 0 spiro atoms. The fraction of sp³-hybridized carbons (Fsp3) is 0.567. The van der Waals surface area contributed by atoms with Crippen molar-refractivity contribution in [2.24, 2.45) is 35.5 Å². The Kier molecular flexibility index (Phi) is 20.0. The van der Waals surface area contributed by atoms with E-state index in [-0.39, 0.29) is 15.9 Å². The van der Waals surface area contributed by atoms with E-state index in [1.807, 2.05) is 0 Å². The van der Waals surface area contributed by atoms with Gasteiger partial charge in [-0.2, -0.15) is 0 Å². The first-order valence-electron chi connectivity index (χ1n) is 25.7. The first kappa shape index (κ1) is 55.6. The van der Waals surface area contributed by atoms with Gasteiger partial charge in [-0.05, 0) is 223 Å². The number of aryl methyl sites for hydroxylation is 10. The van der Waals surface area contributed by atoms with Crippen molar-refractivity contribution in [3.05, 3.63) is 129 Å². The number of benzene rings is 4. The van der Waals surface area contributed by atoms with Gasteiger partial charge in [-0.25, -0.2) is 0 Å². The van der Waals surface area contributed by atoms with E-state index in [4.69, 9.17) is 28.5 Å². The molecule has 0 bridgehead atoms. The van der Waals surface area contributed by atoms with E-state index >= 15 is 0 Å². The van der Waals surface area contributed by atoms with Crippen LogP contribution in [-0.4, -0.2) is 25.7 Å². The van der Waals surface area contributed by atoms with Crippen molar-refractivity contribution in [2.45, 2.75) is 175 Å². The Morgan fingerprint density at radius 2 is 0.768 bits per heavy atom. The van der Waals surface area contributed by atoms with Gasteiger partial charge in [0.15, 0.2) is 0 Å². The van der Waals surface area contributed by atoms with Crippen LogP contribution in [0.5, 0.6) is 0 Å². The number of hydrogen-bond acceptors (Lipinski definition) is 6. The van der Waals surface area contributed by atoms with Gasteiger partial charge in [0.2, 0.25) is 13.3 Å². The molecule has 4 aromatic carbocycles. The number of anilines is 4. The molecule has 2 aliphatic heterocycles. The Labute approximate surface area is 436 Å². The second-order valence-electron chi connectivity index (χ2n) is 22.1. The molecule has 2 fully saturated rings. The number of hydrogen-bond donors (Lipinski definition) is 0. The second kappa shape index (κ2) is 24.8. The van der Waals surface area contributed by atoms with Gasteiger partial charge < -0.3 is 29.1 Å². The van der Waals surface area contributed by atoms with Crippen molar-refractivity contribution in [1.82, 2.24) is 0 Å². The van der Waals surface area contributed by atoms with Gasteiger partial charge >= 0.3 is 35.0 Å². The van der Waals surface area contributed by atoms with Gasteiger partial charge in [-0.3, -0.25) is 0 Å². The number of fused-ring (bicyclic) bond motifs is 2. The Morgan fingerprint density at radius 3 is 1.06 bits per heavy atom. The molecular formula is C60H84Cl2N4O2Pd. The van der Waals surface area contributed by atoms with Crippen molar-refractivity contribution in [3.8, 4) is 0 Å². The SMILES string of the molecule is Cc1cc(C)c(CN2[C]N(CO[C@H]3C[C@H](C(C)C)CC[C@@H]3C)c3cc(C)c(C)cc32)c(C)c1.Cc1cc(C)c(CN2[C]N(CO[C@H]3C[C@H](C(C)C)CC[C@@H]3C)c3cc(C)c(C)cc32)c(C)c1.[Cl][Pd][Cl]. The van der Waals surface area contributed by atoms with Gasteiger partial charge in [-0.15, -0.1) is 0 Å². The van der Waals surface area contributed by atoms with Gasteiger partial charge in [0.05, 0.1) is 35.0 Å². The number of nitrogens with zero attached hydrogens (tertiary/aromatic N) is 4. The van der Waals surface area contributed by atoms with Crippen LogP contribution < -0.4 is 19.6 Å². The quantitative estimate of drug-likeness (QED) is 0.131. The van der Waals surface area contributed by atoms with Crippen molar-refractivity contribution in [1.29, 1.82) is 0 Å². The molecule has 4 aliphatic rings. The van der Waals surface area contributed by atoms with Gasteiger partial charge in [0.25, 0.3) is 0 Å². The maximum absolute atomic E-state index is 6.59. The molecular weight excluding hydrogens is 986 g/mol. The summed E-state index contributed by atoms with van der Waals surface area (Å²) in [7, 11) is 9.63. The topological polar surface area (TPSA) is 31.4 Å². The van der Waals surface area contributed by atoms with Crippen LogP contribution >= 0.6 is 19.1 Å². The van der Waals surface area contributed by atoms with E-state index in [0.717, 1.165) is 36.8 Å². The summed E-state index contributed by atoms with van der Waals surface area (Å²) in [5.74, 6) is 4.26. The molecule has 0 unspecified atom stereocenters. The van der Waals surface area contributed by atoms with Crippen molar-refractivity contribution in [3.63, 3.8) is 0 Å². The van der Waals surface area contributed by atoms with E-state index < -0.39 is 0 Å². The predicted molar refractivity (Wildman–Crippen MR) is 291 cm³/mol. The van der Waals surface area contributed by atoms with Gasteiger partial charge in [0, 0.05) is 13.1 Å². The zero-order chi connectivity index (χ0) is 50.4. The summed E-state index contributed by atoms with van der Waals surface area (Å²) in [6, 6.07) is 18.4. The van der Waals surface area contributed by atoms with E-state index in [1.165, 1.54) is 128 Å². The Balaban J connectivity index is 0.000000215. The molecule has 2 heterocycles. The number of rotatable bonds is 12. The van der Waals surface area contributed by atoms with E-state index in [2.05, 4.69) is 192 Å². The summed E-state index contributed by atoms with van der Waals surface area (Å²) in [6.07, 6.45) is 8.24. The summed E-state index contributed by atoms with van der Waals surface area (Å²) in [6.45, 7) is 46.3. The molecule has 69 heavy (non-hydrogen) atoms. The Bertz CT molecular complexity index is 2140. The molecule has 2 aliphatic carbocycles. The Morgan fingerprint density at radius 1 is 0.478 bits per heavy atom. The van der Waals surface area contributed by atoms with E-state index in [1.54, 1.807) is 0 Å². The van der Waals surface area contributed by atoms with Crippen LogP contribution in [0.1, 0.15) is 147 Å². The average molecular weight is 1070 g/mol. The van der Waals surface area contributed by atoms with Crippen molar-refractivity contribution in [2.75, 3.05) is 33.1 Å². The molecule has 9 heteroatoms. The molecule has 2 saturated carbocycles. The molecule has 4 aromatic rings. The van der Waals surface area contributed by atoms with Crippen LogP contribution in [0.25, 0.3) is 0 Å². The summed E-state index contributed by atoms with van der Waals surface area (Å²) < 4.78 is 13.2. The van der Waals surface area contributed by atoms with Crippen molar-refractivity contribution >= 4 is 41.8 Å².